The Morgan fingerprint density at radius 2 is 2.05 bits per heavy atom. The zero-order valence-electron chi connectivity index (χ0n) is 10.8. The number of nitrogens with one attached hydrogen (secondary N) is 1. The average Bonchev–Trinajstić information content (AvgIpc) is 2.48. The van der Waals surface area contributed by atoms with E-state index in [0.717, 1.165) is 11.3 Å². The van der Waals surface area contributed by atoms with Crippen LogP contribution in [0.25, 0.3) is 0 Å². The third kappa shape index (κ3) is 3.16. The summed E-state index contributed by atoms with van der Waals surface area (Å²) in [4.78, 5) is 0. The molecular weight excluding hydrogens is 295 g/mol. The molecule has 3 nitrogen and oxygen atoms in total. The Kier molecular flexibility index (Phi) is 4.73. The van der Waals surface area contributed by atoms with Crippen LogP contribution in [0.2, 0.25) is 10.0 Å². The Labute approximate surface area is 127 Å². The topological polar surface area (TPSA) is 45.0 Å². The summed E-state index contributed by atoms with van der Waals surface area (Å²) in [5.41, 5.74) is 2.24. The quantitative estimate of drug-likeness (QED) is 0.905. The van der Waals surface area contributed by atoms with Crippen LogP contribution in [-0.2, 0) is 6.54 Å². The number of methoxy groups -OCH3 is 1. The Morgan fingerprint density at radius 3 is 2.75 bits per heavy atom. The predicted octanol–water partition coefficient (Wildman–Crippen LogP) is 4.49. The maximum Gasteiger partial charge on any atom is 0.143 e. The maximum atomic E-state index is 8.87. The zero-order valence-corrected chi connectivity index (χ0v) is 12.3. The van der Waals surface area contributed by atoms with Gasteiger partial charge >= 0.3 is 0 Å². The molecule has 0 unspecified atom stereocenters. The van der Waals surface area contributed by atoms with Gasteiger partial charge in [-0.3, -0.25) is 0 Å². The van der Waals surface area contributed by atoms with E-state index in [1.165, 1.54) is 0 Å². The van der Waals surface area contributed by atoms with Gasteiger partial charge in [-0.2, -0.15) is 5.26 Å². The summed E-state index contributed by atoms with van der Waals surface area (Å²) >= 11 is 12.1. The highest BCUT2D eigenvalue weighted by Crippen LogP contribution is 2.29. The summed E-state index contributed by atoms with van der Waals surface area (Å²) in [7, 11) is 1.56. The van der Waals surface area contributed by atoms with Gasteiger partial charge in [0.2, 0.25) is 0 Å². The first-order valence-electron chi connectivity index (χ1n) is 5.90. The molecule has 0 radical (unpaired) electrons. The van der Waals surface area contributed by atoms with Crippen molar-refractivity contribution < 1.29 is 4.74 Å². The molecule has 0 aliphatic carbocycles. The Balaban J connectivity index is 2.19. The molecule has 0 saturated heterocycles. The second-order valence-corrected chi connectivity index (χ2v) is 4.88. The lowest BCUT2D eigenvalue weighted by Gasteiger charge is -2.12. The minimum Gasteiger partial charge on any atom is -0.495 e. The van der Waals surface area contributed by atoms with Gasteiger partial charge in [-0.15, -0.1) is 0 Å². The summed E-state index contributed by atoms with van der Waals surface area (Å²) in [6.07, 6.45) is 0. The molecule has 0 bridgehead atoms. The minimum atomic E-state index is 0.516. The molecule has 0 aliphatic rings. The van der Waals surface area contributed by atoms with Crippen molar-refractivity contribution in [3.8, 4) is 11.8 Å². The molecule has 0 fully saturated rings. The number of ether oxygens (including phenoxy) is 1. The standard InChI is InChI=1S/C15H12Cl2N2O/c1-20-14-7-10(8-18)5-6-13(14)19-9-11-3-2-4-12(16)15(11)17/h2-7,19H,9H2,1H3. The van der Waals surface area contributed by atoms with E-state index in [1.54, 1.807) is 31.4 Å². The van der Waals surface area contributed by atoms with Gasteiger partial charge in [0, 0.05) is 12.6 Å². The average molecular weight is 307 g/mol. The molecule has 20 heavy (non-hydrogen) atoms. The number of nitriles is 1. The highest BCUT2D eigenvalue weighted by atomic mass is 35.5. The van der Waals surface area contributed by atoms with Gasteiger partial charge in [0.15, 0.2) is 0 Å². The van der Waals surface area contributed by atoms with Crippen molar-refractivity contribution in [2.24, 2.45) is 0 Å². The molecule has 2 aromatic rings. The van der Waals surface area contributed by atoms with Crippen LogP contribution in [0.3, 0.4) is 0 Å². The van der Waals surface area contributed by atoms with E-state index in [9.17, 15) is 0 Å². The first-order chi connectivity index (χ1) is 9.65. The lowest BCUT2D eigenvalue weighted by atomic mass is 10.2. The highest BCUT2D eigenvalue weighted by Gasteiger charge is 2.07. The summed E-state index contributed by atoms with van der Waals surface area (Å²) < 4.78 is 5.26. The van der Waals surface area contributed by atoms with Gasteiger partial charge in [0.05, 0.1) is 34.5 Å². The Hall–Kier alpha value is -1.89. The van der Waals surface area contributed by atoms with Crippen LogP contribution >= 0.6 is 23.2 Å². The Morgan fingerprint density at radius 1 is 1.25 bits per heavy atom. The van der Waals surface area contributed by atoms with Crippen molar-refractivity contribution in [2.75, 3.05) is 12.4 Å². The normalized spacial score (nSPS) is 9.90. The maximum absolute atomic E-state index is 8.87. The van der Waals surface area contributed by atoms with Crippen molar-refractivity contribution in [2.45, 2.75) is 6.54 Å². The third-order valence-corrected chi connectivity index (χ3v) is 3.69. The van der Waals surface area contributed by atoms with Gasteiger partial charge in [-0.1, -0.05) is 35.3 Å². The molecule has 0 spiro atoms. The number of nitrogens with zero attached hydrogens (tertiary/aromatic N) is 1. The largest absolute Gasteiger partial charge is 0.495 e. The molecule has 0 amide bonds. The summed E-state index contributed by atoms with van der Waals surface area (Å²) in [6.45, 7) is 0.516. The van der Waals surface area contributed by atoms with Crippen molar-refractivity contribution in [1.82, 2.24) is 0 Å². The van der Waals surface area contributed by atoms with Crippen LogP contribution < -0.4 is 10.1 Å². The molecule has 5 heteroatoms. The first-order valence-corrected chi connectivity index (χ1v) is 6.66. The van der Waals surface area contributed by atoms with E-state index < -0.39 is 0 Å². The lowest BCUT2D eigenvalue weighted by molar-refractivity contribution is 0.416. The van der Waals surface area contributed by atoms with Crippen LogP contribution in [0, 0.1) is 11.3 Å². The molecule has 0 aromatic heterocycles. The summed E-state index contributed by atoms with van der Waals surface area (Å²) in [5.74, 6) is 0.613. The van der Waals surface area contributed by atoms with Gasteiger partial charge < -0.3 is 10.1 Å². The van der Waals surface area contributed by atoms with Crippen LogP contribution in [-0.4, -0.2) is 7.11 Å². The third-order valence-electron chi connectivity index (χ3n) is 2.83. The second-order valence-electron chi connectivity index (χ2n) is 4.09. The van der Waals surface area contributed by atoms with Crippen molar-refractivity contribution in [1.29, 1.82) is 5.26 Å². The summed E-state index contributed by atoms with van der Waals surface area (Å²) in [6, 6.07) is 12.8. The monoisotopic (exact) mass is 306 g/mol. The molecule has 1 N–H and O–H groups in total. The van der Waals surface area contributed by atoms with Crippen LogP contribution in [0.5, 0.6) is 5.75 Å². The number of hydrogen-bond donors (Lipinski definition) is 1. The van der Waals surface area contributed by atoms with E-state index >= 15 is 0 Å². The lowest BCUT2D eigenvalue weighted by Crippen LogP contribution is -2.02. The molecular formula is C15H12Cl2N2O. The van der Waals surface area contributed by atoms with Crippen molar-refractivity contribution in [3.63, 3.8) is 0 Å². The number of benzene rings is 2. The zero-order chi connectivity index (χ0) is 14.5. The number of rotatable bonds is 4. The molecule has 2 rings (SSSR count). The van der Waals surface area contributed by atoms with Gasteiger partial charge in [-0.25, -0.2) is 0 Å². The van der Waals surface area contributed by atoms with Crippen molar-refractivity contribution in [3.05, 3.63) is 57.6 Å². The van der Waals surface area contributed by atoms with Crippen LogP contribution in [0.15, 0.2) is 36.4 Å². The smallest absolute Gasteiger partial charge is 0.143 e. The number of hydrogen-bond acceptors (Lipinski definition) is 3. The molecule has 0 heterocycles. The molecule has 0 atom stereocenters. The van der Waals surface area contributed by atoms with Crippen LogP contribution in [0.1, 0.15) is 11.1 Å². The fraction of sp³-hybridized carbons (Fsp3) is 0.133. The van der Waals surface area contributed by atoms with E-state index in [2.05, 4.69) is 11.4 Å². The van der Waals surface area contributed by atoms with Gasteiger partial charge in [-0.05, 0) is 23.8 Å². The highest BCUT2D eigenvalue weighted by molar-refractivity contribution is 6.42. The molecule has 2 aromatic carbocycles. The van der Waals surface area contributed by atoms with E-state index in [-0.39, 0.29) is 0 Å². The Bertz CT molecular complexity index is 665. The van der Waals surface area contributed by atoms with E-state index in [4.69, 9.17) is 33.2 Å². The SMILES string of the molecule is COc1cc(C#N)ccc1NCc1cccc(Cl)c1Cl. The molecule has 0 saturated carbocycles. The number of halogens is 2. The second kappa shape index (κ2) is 6.51. The molecule has 0 aliphatic heterocycles. The van der Waals surface area contributed by atoms with Crippen molar-refractivity contribution >= 4 is 28.9 Å². The molecule has 102 valence electrons. The predicted molar refractivity (Wildman–Crippen MR) is 81.5 cm³/mol. The summed E-state index contributed by atoms with van der Waals surface area (Å²) in [5, 5.41) is 13.1. The van der Waals surface area contributed by atoms with Gasteiger partial charge in [0.25, 0.3) is 0 Å². The fourth-order valence-electron chi connectivity index (χ4n) is 1.78. The van der Waals surface area contributed by atoms with E-state index in [1.807, 2.05) is 12.1 Å². The first kappa shape index (κ1) is 14.5. The van der Waals surface area contributed by atoms with E-state index in [0.29, 0.717) is 27.9 Å². The van der Waals surface area contributed by atoms with Gasteiger partial charge in [0.1, 0.15) is 5.75 Å². The van der Waals surface area contributed by atoms with Crippen LogP contribution in [0.4, 0.5) is 5.69 Å². The fourth-order valence-corrected chi connectivity index (χ4v) is 2.17. The minimum absolute atomic E-state index is 0.516. The number of anilines is 1.